The normalized spacial score (nSPS) is 20.6. The van der Waals surface area contributed by atoms with Gasteiger partial charge in [-0.3, -0.25) is 19.4 Å². The second kappa shape index (κ2) is 7.21. The van der Waals surface area contributed by atoms with Crippen molar-refractivity contribution in [2.75, 3.05) is 16.8 Å². The molecule has 2 atom stereocenters. The van der Waals surface area contributed by atoms with E-state index in [-0.39, 0.29) is 11.6 Å². The standard InChI is InChI=1S/C18H13Cl2N5O3/c19-10-6-7-13(12(20)8-10)21-14(26)9-24-16-15(22-23-24)17(27)25(18(16)28)11-4-2-1-3-5-11/h1-8,15-16H,9H2,(H,21,26). The van der Waals surface area contributed by atoms with Crippen LogP contribution in [0.5, 0.6) is 0 Å². The second-order valence-corrected chi connectivity index (χ2v) is 7.06. The number of rotatable bonds is 4. The van der Waals surface area contributed by atoms with E-state index in [2.05, 4.69) is 15.7 Å². The molecule has 1 fully saturated rings. The minimum Gasteiger partial charge on any atom is -0.323 e. The Labute approximate surface area is 169 Å². The summed E-state index contributed by atoms with van der Waals surface area (Å²) in [5, 5.41) is 12.3. The molecule has 2 aliphatic heterocycles. The first-order chi connectivity index (χ1) is 13.5. The number of nitrogens with one attached hydrogen (secondary N) is 1. The molecule has 1 saturated heterocycles. The van der Waals surface area contributed by atoms with Gasteiger partial charge in [0.05, 0.1) is 16.4 Å². The lowest BCUT2D eigenvalue weighted by Crippen LogP contribution is -2.43. The number of anilines is 2. The number of benzene rings is 2. The number of imide groups is 1. The summed E-state index contributed by atoms with van der Waals surface area (Å²) in [7, 11) is 0. The molecule has 0 aliphatic carbocycles. The predicted molar refractivity (Wildman–Crippen MR) is 103 cm³/mol. The summed E-state index contributed by atoms with van der Waals surface area (Å²) in [5.74, 6) is -1.39. The maximum atomic E-state index is 12.8. The monoisotopic (exact) mass is 417 g/mol. The Morgan fingerprint density at radius 1 is 1.07 bits per heavy atom. The Morgan fingerprint density at radius 3 is 2.54 bits per heavy atom. The van der Waals surface area contributed by atoms with Crippen LogP contribution in [0.3, 0.4) is 0 Å². The molecule has 4 rings (SSSR count). The molecule has 28 heavy (non-hydrogen) atoms. The summed E-state index contributed by atoms with van der Waals surface area (Å²) in [6, 6.07) is 11.3. The van der Waals surface area contributed by atoms with Crippen molar-refractivity contribution in [1.29, 1.82) is 0 Å². The average Bonchev–Trinajstić information content (AvgIpc) is 3.18. The highest BCUT2D eigenvalue weighted by Gasteiger charge is 2.55. The Kier molecular flexibility index (Phi) is 4.74. The molecular weight excluding hydrogens is 405 g/mol. The molecular formula is C18H13Cl2N5O3. The van der Waals surface area contributed by atoms with E-state index in [1.807, 2.05) is 0 Å². The number of carbonyl (C=O) groups is 3. The lowest BCUT2D eigenvalue weighted by Gasteiger charge is -2.20. The maximum Gasteiger partial charge on any atom is 0.263 e. The smallest absolute Gasteiger partial charge is 0.263 e. The third-order valence-electron chi connectivity index (χ3n) is 4.38. The van der Waals surface area contributed by atoms with Crippen LogP contribution in [0.2, 0.25) is 10.0 Å². The number of amides is 3. The first-order valence-corrected chi connectivity index (χ1v) is 9.06. The quantitative estimate of drug-likeness (QED) is 0.773. The highest BCUT2D eigenvalue weighted by atomic mass is 35.5. The molecule has 0 spiro atoms. The van der Waals surface area contributed by atoms with Gasteiger partial charge in [0.1, 0.15) is 6.54 Å². The van der Waals surface area contributed by atoms with Crippen LogP contribution in [0.1, 0.15) is 0 Å². The molecule has 2 heterocycles. The Hall–Kier alpha value is -2.97. The SMILES string of the molecule is O=C(CN1N=NC2C(=O)N(c3ccccc3)C(=O)C21)Nc1ccc(Cl)cc1Cl. The lowest BCUT2D eigenvalue weighted by molar-refractivity contribution is -0.123. The summed E-state index contributed by atoms with van der Waals surface area (Å²) in [4.78, 5) is 38.9. The number of nitrogens with zero attached hydrogens (tertiary/aromatic N) is 4. The van der Waals surface area contributed by atoms with Crippen molar-refractivity contribution < 1.29 is 14.4 Å². The largest absolute Gasteiger partial charge is 0.323 e. The van der Waals surface area contributed by atoms with Crippen LogP contribution < -0.4 is 10.2 Å². The van der Waals surface area contributed by atoms with E-state index in [9.17, 15) is 14.4 Å². The van der Waals surface area contributed by atoms with Crippen molar-refractivity contribution in [1.82, 2.24) is 5.01 Å². The van der Waals surface area contributed by atoms with Crippen LogP contribution in [0, 0.1) is 0 Å². The zero-order valence-corrected chi connectivity index (χ0v) is 15.8. The van der Waals surface area contributed by atoms with Crippen LogP contribution in [-0.2, 0) is 14.4 Å². The van der Waals surface area contributed by atoms with Crippen molar-refractivity contribution >= 4 is 52.3 Å². The molecule has 0 aromatic heterocycles. The fraction of sp³-hybridized carbons (Fsp3) is 0.167. The van der Waals surface area contributed by atoms with Gasteiger partial charge in [0.25, 0.3) is 11.8 Å². The Bertz CT molecular complexity index is 998. The van der Waals surface area contributed by atoms with E-state index in [4.69, 9.17) is 23.2 Å². The fourth-order valence-corrected chi connectivity index (χ4v) is 3.57. The molecule has 1 N–H and O–H groups in total. The summed E-state index contributed by atoms with van der Waals surface area (Å²) in [5.41, 5.74) is 0.836. The zero-order valence-electron chi connectivity index (χ0n) is 14.3. The highest BCUT2D eigenvalue weighted by molar-refractivity contribution is 6.36. The third kappa shape index (κ3) is 3.21. The third-order valence-corrected chi connectivity index (χ3v) is 4.93. The van der Waals surface area contributed by atoms with Gasteiger partial charge in [0.2, 0.25) is 5.91 Å². The molecule has 10 heteroatoms. The highest BCUT2D eigenvalue weighted by Crippen LogP contribution is 2.32. The predicted octanol–water partition coefficient (Wildman–Crippen LogP) is 2.93. The summed E-state index contributed by atoms with van der Waals surface area (Å²) in [6.07, 6.45) is 0. The number of hydrogen-bond acceptors (Lipinski definition) is 6. The van der Waals surface area contributed by atoms with E-state index in [1.165, 1.54) is 11.1 Å². The van der Waals surface area contributed by atoms with Crippen molar-refractivity contribution in [2.45, 2.75) is 12.1 Å². The van der Waals surface area contributed by atoms with Gasteiger partial charge in [0, 0.05) is 5.02 Å². The molecule has 3 amide bonds. The number of fused-ring (bicyclic) bond motifs is 1. The van der Waals surface area contributed by atoms with Crippen molar-refractivity contribution in [2.24, 2.45) is 10.3 Å². The van der Waals surface area contributed by atoms with Gasteiger partial charge in [-0.1, -0.05) is 46.6 Å². The Morgan fingerprint density at radius 2 is 1.82 bits per heavy atom. The van der Waals surface area contributed by atoms with Crippen molar-refractivity contribution in [3.63, 3.8) is 0 Å². The number of carbonyl (C=O) groups excluding carboxylic acids is 3. The van der Waals surface area contributed by atoms with Crippen LogP contribution in [-0.4, -0.2) is 41.4 Å². The first kappa shape index (κ1) is 18.4. The van der Waals surface area contributed by atoms with Crippen molar-refractivity contribution in [3.05, 3.63) is 58.6 Å². The van der Waals surface area contributed by atoms with Gasteiger partial charge in [-0.2, -0.15) is 5.11 Å². The molecule has 142 valence electrons. The van der Waals surface area contributed by atoms with E-state index >= 15 is 0 Å². The van der Waals surface area contributed by atoms with Crippen LogP contribution in [0.25, 0.3) is 0 Å². The second-order valence-electron chi connectivity index (χ2n) is 6.21. The van der Waals surface area contributed by atoms with Gasteiger partial charge in [0.15, 0.2) is 12.1 Å². The van der Waals surface area contributed by atoms with Crippen LogP contribution in [0.4, 0.5) is 11.4 Å². The molecule has 0 saturated carbocycles. The van der Waals surface area contributed by atoms with Gasteiger partial charge < -0.3 is 5.32 Å². The molecule has 0 radical (unpaired) electrons. The van der Waals surface area contributed by atoms with Gasteiger partial charge in [-0.05, 0) is 30.3 Å². The number of halogens is 2. The van der Waals surface area contributed by atoms with Crippen LogP contribution >= 0.6 is 23.2 Å². The molecule has 0 bridgehead atoms. The van der Waals surface area contributed by atoms with Crippen molar-refractivity contribution in [3.8, 4) is 0 Å². The molecule has 2 aromatic rings. The van der Waals surface area contributed by atoms with E-state index in [0.29, 0.717) is 16.4 Å². The number of para-hydroxylation sites is 1. The number of hydrogen-bond donors (Lipinski definition) is 1. The van der Waals surface area contributed by atoms with Gasteiger partial charge >= 0.3 is 0 Å². The Balaban J connectivity index is 1.48. The summed E-state index contributed by atoms with van der Waals surface area (Å²) >= 11 is 11.9. The maximum absolute atomic E-state index is 12.8. The molecule has 2 unspecified atom stereocenters. The van der Waals surface area contributed by atoms with Gasteiger partial charge in [-0.15, -0.1) is 0 Å². The lowest BCUT2D eigenvalue weighted by atomic mass is 10.1. The summed E-state index contributed by atoms with van der Waals surface area (Å²) in [6.45, 7) is -0.259. The van der Waals surface area contributed by atoms with E-state index in [1.54, 1.807) is 42.5 Å². The van der Waals surface area contributed by atoms with E-state index < -0.39 is 29.8 Å². The topological polar surface area (TPSA) is 94.4 Å². The molecule has 8 nitrogen and oxygen atoms in total. The minimum absolute atomic E-state index is 0.259. The van der Waals surface area contributed by atoms with E-state index in [0.717, 1.165) is 4.90 Å². The zero-order chi connectivity index (χ0) is 19.8. The average molecular weight is 418 g/mol. The summed E-state index contributed by atoms with van der Waals surface area (Å²) < 4.78 is 0. The van der Waals surface area contributed by atoms with Crippen LogP contribution in [0.15, 0.2) is 58.9 Å². The molecule has 2 aromatic carbocycles. The molecule has 2 aliphatic rings. The van der Waals surface area contributed by atoms with Gasteiger partial charge in [-0.25, -0.2) is 4.90 Å². The fourth-order valence-electron chi connectivity index (χ4n) is 3.11. The first-order valence-electron chi connectivity index (χ1n) is 8.31. The minimum atomic E-state index is -0.959.